The fourth-order valence-electron chi connectivity index (χ4n) is 1.43. The van der Waals surface area contributed by atoms with E-state index < -0.39 is 23.2 Å². The van der Waals surface area contributed by atoms with Crippen LogP contribution in [0.3, 0.4) is 0 Å². The van der Waals surface area contributed by atoms with Crippen LogP contribution in [0, 0.1) is 0 Å². The van der Waals surface area contributed by atoms with Gasteiger partial charge in [0.05, 0.1) is 6.61 Å². The van der Waals surface area contributed by atoms with Gasteiger partial charge in [-0.05, 0) is 26.3 Å². The van der Waals surface area contributed by atoms with Crippen LogP contribution in [0.1, 0.15) is 26.3 Å². The zero-order chi connectivity index (χ0) is 16.3. The van der Waals surface area contributed by atoms with Crippen molar-refractivity contribution in [3.05, 3.63) is 35.9 Å². The topological polar surface area (TPSA) is 35.5 Å². The summed E-state index contributed by atoms with van der Waals surface area (Å²) in [5.74, 6) is -1.45. The van der Waals surface area contributed by atoms with Crippen LogP contribution < -0.4 is 0 Å². The number of esters is 1. The molecule has 1 atom stereocenters. The Hall–Kier alpha value is -1.50. The highest BCUT2D eigenvalue weighted by Gasteiger charge is 2.59. The Morgan fingerprint density at radius 2 is 1.67 bits per heavy atom. The number of alkyl halides is 3. The molecule has 21 heavy (non-hydrogen) atoms. The van der Waals surface area contributed by atoms with Crippen molar-refractivity contribution in [1.82, 2.24) is 0 Å². The van der Waals surface area contributed by atoms with Crippen molar-refractivity contribution in [1.29, 1.82) is 0 Å². The van der Waals surface area contributed by atoms with Crippen molar-refractivity contribution in [3.8, 4) is 0 Å². The lowest BCUT2D eigenvalue weighted by atomic mass is 9.80. The molecular weight excluding hydrogens is 284 g/mol. The first kappa shape index (κ1) is 17.6. The highest BCUT2D eigenvalue weighted by molar-refractivity contribution is 6.27. The van der Waals surface area contributed by atoms with Gasteiger partial charge in [0, 0.05) is 0 Å². The summed E-state index contributed by atoms with van der Waals surface area (Å²) in [5.41, 5.74) is -3.49. The summed E-state index contributed by atoms with van der Waals surface area (Å²) in [6, 6.07) is 8.33. The molecule has 1 unspecified atom stereocenters. The van der Waals surface area contributed by atoms with Gasteiger partial charge in [0.2, 0.25) is 5.50 Å². The molecule has 3 nitrogen and oxygen atoms in total. The molecule has 0 heterocycles. The van der Waals surface area contributed by atoms with Gasteiger partial charge < -0.3 is 9.47 Å². The molecule has 0 fully saturated rings. The normalized spacial score (nSPS) is 15.3. The second-order valence-corrected chi connectivity index (χ2v) is 5.81. The largest absolute Gasteiger partial charge is 0.458 e. The SMILES string of the molecule is BC(OCc1ccccc1)(C(=O)OC(C)(C)C)C(F)(F)F. The predicted octanol–water partition coefficient (Wildman–Crippen LogP) is 2.44. The average molecular weight is 302 g/mol. The molecule has 116 valence electrons. The maximum Gasteiger partial charge on any atom is 0.419 e. The number of benzene rings is 1. The first-order chi connectivity index (χ1) is 9.46. The predicted molar refractivity (Wildman–Crippen MR) is 74.4 cm³/mol. The number of ether oxygens (including phenoxy) is 2. The summed E-state index contributed by atoms with van der Waals surface area (Å²) in [7, 11) is 0.685. The van der Waals surface area contributed by atoms with Crippen LogP contribution in [0.4, 0.5) is 13.2 Å². The smallest absolute Gasteiger partial charge is 0.419 e. The minimum Gasteiger partial charge on any atom is -0.458 e. The van der Waals surface area contributed by atoms with Crippen molar-refractivity contribution in [2.24, 2.45) is 0 Å². The molecule has 0 N–H and O–H groups in total. The molecular formula is C14H18BF3O3. The first-order valence-electron chi connectivity index (χ1n) is 6.44. The lowest BCUT2D eigenvalue weighted by molar-refractivity contribution is -0.254. The summed E-state index contributed by atoms with van der Waals surface area (Å²) < 4.78 is 49.3. The zero-order valence-corrected chi connectivity index (χ0v) is 12.5. The van der Waals surface area contributed by atoms with Crippen LogP contribution in [0.2, 0.25) is 0 Å². The summed E-state index contributed by atoms with van der Waals surface area (Å²) in [4.78, 5) is 11.9. The van der Waals surface area contributed by atoms with Crippen molar-refractivity contribution in [3.63, 3.8) is 0 Å². The molecule has 0 amide bonds. The molecule has 0 saturated heterocycles. The van der Waals surface area contributed by atoms with E-state index in [1.54, 1.807) is 30.3 Å². The van der Waals surface area contributed by atoms with Gasteiger partial charge in [-0.25, -0.2) is 4.79 Å². The van der Waals surface area contributed by atoms with Gasteiger partial charge in [0.1, 0.15) is 5.60 Å². The summed E-state index contributed by atoms with van der Waals surface area (Å²) in [6.45, 7) is 4.16. The van der Waals surface area contributed by atoms with Crippen LogP contribution in [0.15, 0.2) is 30.3 Å². The molecule has 7 heteroatoms. The molecule has 0 radical (unpaired) electrons. The number of carbonyl (C=O) groups excluding carboxylic acids is 1. The van der Waals surface area contributed by atoms with Gasteiger partial charge in [-0.1, -0.05) is 30.3 Å². The van der Waals surface area contributed by atoms with E-state index in [2.05, 4.69) is 0 Å². The van der Waals surface area contributed by atoms with E-state index in [4.69, 9.17) is 9.47 Å². The van der Waals surface area contributed by atoms with Gasteiger partial charge in [-0.2, -0.15) is 13.2 Å². The fraction of sp³-hybridized carbons (Fsp3) is 0.500. The molecule has 0 aromatic heterocycles. The Balaban J connectivity index is 2.92. The Bertz CT molecular complexity index is 482. The standard InChI is InChI=1S/C14H18BF3O3/c1-12(2,3)21-11(19)13(15,14(16,17)18)20-9-10-7-5-4-6-8-10/h4-8H,9,15H2,1-3H3. The quantitative estimate of drug-likeness (QED) is 0.633. The van der Waals surface area contributed by atoms with Crippen molar-refractivity contribution in [2.75, 3.05) is 0 Å². The molecule has 0 spiro atoms. The third kappa shape index (κ3) is 4.77. The van der Waals surface area contributed by atoms with Crippen LogP contribution >= 0.6 is 0 Å². The van der Waals surface area contributed by atoms with E-state index in [1.807, 2.05) is 0 Å². The number of carbonyl (C=O) groups is 1. The molecule has 0 aliphatic carbocycles. The Labute approximate surface area is 122 Å². The minimum absolute atomic E-state index is 0.337. The van der Waals surface area contributed by atoms with Crippen LogP contribution in [0.25, 0.3) is 0 Å². The van der Waals surface area contributed by atoms with Crippen molar-refractivity contribution < 1.29 is 27.4 Å². The first-order valence-corrected chi connectivity index (χ1v) is 6.44. The van der Waals surface area contributed by atoms with Crippen LogP contribution in [-0.4, -0.2) is 31.1 Å². The third-order valence-corrected chi connectivity index (χ3v) is 2.70. The third-order valence-electron chi connectivity index (χ3n) is 2.70. The highest BCUT2D eigenvalue weighted by atomic mass is 19.4. The van der Waals surface area contributed by atoms with E-state index in [-0.39, 0.29) is 6.61 Å². The average Bonchev–Trinajstić information content (AvgIpc) is 2.33. The van der Waals surface area contributed by atoms with Gasteiger partial charge in [0.25, 0.3) is 0 Å². The molecule has 1 aromatic carbocycles. The van der Waals surface area contributed by atoms with Crippen LogP contribution in [-0.2, 0) is 20.9 Å². The van der Waals surface area contributed by atoms with E-state index in [0.29, 0.717) is 13.4 Å². The highest BCUT2D eigenvalue weighted by Crippen LogP contribution is 2.34. The van der Waals surface area contributed by atoms with E-state index in [0.717, 1.165) is 0 Å². The zero-order valence-electron chi connectivity index (χ0n) is 12.5. The maximum atomic E-state index is 13.2. The molecule has 1 rings (SSSR count). The van der Waals surface area contributed by atoms with Crippen molar-refractivity contribution in [2.45, 2.75) is 44.7 Å². The number of rotatable bonds is 4. The van der Waals surface area contributed by atoms with Gasteiger partial charge in [-0.3, -0.25) is 0 Å². The number of halogens is 3. The molecule has 0 aliphatic heterocycles. The second kappa shape index (κ2) is 6.09. The van der Waals surface area contributed by atoms with Crippen LogP contribution in [0.5, 0.6) is 0 Å². The maximum absolute atomic E-state index is 13.2. The Kier molecular flexibility index (Phi) is 5.09. The molecule has 0 saturated carbocycles. The summed E-state index contributed by atoms with van der Waals surface area (Å²) in [6.07, 6.45) is -4.87. The monoisotopic (exact) mass is 302 g/mol. The number of hydrogen-bond donors (Lipinski definition) is 0. The summed E-state index contributed by atoms with van der Waals surface area (Å²) in [5, 5.41) is 0. The van der Waals surface area contributed by atoms with E-state index in [1.165, 1.54) is 20.8 Å². The van der Waals surface area contributed by atoms with Gasteiger partial charge >= 0.3 is 12.1 Å². The van der Waals surface area contributed by atoms with Gasteiger partial charge in [0.15, 0.2) is 7.85 Å². The molecule has 1 aromatic rings. The number of hydrogen-bond acceptors (Lipinski definition) is 3. The lowest BCUT2D eigenvalue weighted by Crippen LogP contribution is -2.57. The minimum atomic E-state index is -4.87. The van der Waals surface area contributed by atoms with Gasteiger partial charge in [-0.15, -0.1) is 0 Å². The second-order valence-electron chi connectivity index (χ2n) is 5.81. The van der Waals surface area contributed by atoms with E-state index >= 15 is 0 Å². The lowest BCUT2D eigenvalue weighted by Gasteiger charge is -2.33. The summed E-state index contributed by atoms with van der Waals surface area (Å²) >= 11 is 0. The molecule has 0 aliphatic rings. The fourth-order valence-corrected chi connectivity index (χ4v) is 1.43. The Morgan fingerprint density at radius 1 is 1.14 bits per heavy atom. The Morgan fingerprint density at radius 3 is 2.10 bits per heavy atom. The van der Waals surface area contributed by atoms with Crippen molar-refractivity contribution >= 4 is 13.8 Å². The molecule has 0 bridgehead atoms. The van der Waals surface area contributed by atoms with E-state index in [9.17, 15) is 18.0 Å².